The number of hydrogen-bond donors (Lipinski definition) is 3. The number of carbonyl (C=O) groups is 2. The van der Waals surface area contributed by atoms with Crippen LogP contribution in [0.25, 0.3) is 0 Å². The first-order valence-electron chi connectivity index (χ1n) is 6.91. The molecule has 6 nitrogen and oxygen atoms in total. The van der Waals surface area contributed by atoms with Crippen LogP contribution in [-0.4, -0.2) is 36.4 Å². The van der Waals surface area contributed by atoms with E-state index < -0.39 is 0 Å². The Morgan fingerprint density at radius 3 is 2.70 bits per heavy atom. The molecule has 0 saturated heterocycles. The van der Waals surface area contributed by atoms with Crippen molar-refractivity contribution in [2.75, 3.05) is 25.0 Å². The molecule has 0 aliphatic heterocycles. The SMILES string of the molecule is CCCNc1ccncc1C(=O)NCCC(=O)NCC. The van der Waals surface area contributed by atoms with Gasteiger partial charge in [0.2, 0.25) is 5.91 Å². The fourth-order valence-corrected chi connectivity index (χ4v) is 1.66. The Morgan fingerprint density at radius 2 is 2.00 bits per heavy atom. The number of aromatic nitrogens is 1. The van der Waals surface area contributed by atoms with Crippen molar-refractivity contribution >= 4 is 17.5 Å². The van der Waals surface area contributed by atoms with E-state index >= 15 is 0 Å². The lowest BCUT2D eigenvalue weighted by atomic mass is 10.2. The van der Waals surface area contributed by atoms with Crippen molar-refractivity contribution in [3.05, 3.63) is 24.0 Å². The molecule has 0 aromatic carbocycles. The van der Waals surface area contributed by atoms with E-state index in [1.54, 1.807) is 12.3 Å². The van der Waals surface area contributed by atoms with Gasteiger partial charge in [-0.2, -0.15) is 0 Å². The Morgan fingerprint density at radius 1 is 1.20 bits per heavy atom. The Hall–Kier alpha value is -2.11. The zero-order chi connectivity index (χ0) is 14.8. The van der Waals surface area contributed by atoms with Gasteiger partial charge >= 0.3 is 0 Å². The predicted octanol–water partition coefficient (Wildman–Crippen LogP) is 1.16. The Labute approximate surface area is 119 Å². The molecule has 0 saturated carbocycles. The third-order valence-corrected chi connectivity index (χ3v) is 2.64. The van der Waals surface area contributed by atoms with Gasteiger partial charge in [-0.15, -0.1) is 0 Å². The van der Waals surface area contributed by atoms with E-state index in [-0.39, 0.29) is 18.2 Å². The van der Waals surface area contributed by atoms with Crippen LogP contribution in [0.5, 0.6) is 0 Å². The lowest BCUT2D eigenvalue weighted by Gasteiger charge is -2.11. The zero-order valence-electron chi connectivity index (χ0n) is 12.0. The molecule has 20 heavy (non-hydrogen) atoms. The van der Waals surface area contributed by atoms with Gasteiger partial charge in [0.25, 0.3) is 5.91 Å². The summed E-state index contributed by atoms with van der Waals surface area (Å²) in [5.74, 6) is -0.288. The average molecular weight is 278 g/mol. The first-order chi connectivity index (χ1) is 9.69. The van der Waals surface area contributed by atoms with Gasteiger partial charge in [-0.1, -0.05) is 6.92 Å². The maximum absolute atomic E-state index is 12.0. The third-order valence-electron chi connectivity index (χ3n) is 2.64. The summed E-state index contributed by atoms with van der Waals surface area (Å²) >= 11 is 0. The van der Waals surface area contributed by atoms with Crippen molar-refractivity contribution in [3.63, 3.8) is 0 Å². The monoisotopic (exact) mass is 278 g/mol. The van der Waals surface area contributed by atoms with Crippen LogP contribution in [0.15, 0.2) is 18.5 Å². The van der Waals surface area contributed by atoms with Crippen molar-refractivity contribution in [1.29, 1.82) is 0 Å². The first-order valence-corrected chi connectivity index (χ1v) is 6.91. The van der Waals surface area contributed by atoms with Crippen LogP contribution in [0.4, 0.5) is 5.69 Å². The highest BCUT2D eigenvalue weighted by Crippen LogP contribution is 2.13. The summed E-state index contributed by atoms with van der Waals surface area (Å²) in [7, 11) is 0. The van der Waals surface area contributed by atoms with Gasteiger partial charge in [0.1, 0.15) is 0 Å². The molecule has 0 radical (unpaired) electrons. The molecular weight excluding hydrogens is 256 g/mol. The van der Waals surface area contributed by atoms with Crippen LogP contribution in [-0.2, 0) is 4.79 Å². The molecule has 0 atom stereocenters. The maximum atomic E-state index is 12.0. The van der Waals surface area contributed by atoms with Gasteiger partial charge in [0.15, 0.2) is 0 Å². The van der Waals surface area contributed by atoms with E-state index in [4.69, 9.17) is 0 Å². The summed E-state index contributed by atoms with van der Waals surface area (Å²) in [6, 6.07) is 1.77. The molecule has 1 aromatic rings. The number of nitrogens with one attached hydrogen (secondary N) is 3. The van der Waals surface area contributed by atoms with Gasteiger partial charge in [0, 0.05) is 38.4 Å². The maximum Gasteiger partial charge on any atom is 0.254 e. The highest BCUT2D eigenvalue weighted by molar-refractivity contribution is 5.99. The van der Waals surface area contributed by atoms with Crippen LogP contribution in [0.2, 0.25) is 0 Å². The second kappa shape index (κ2) is 8.90. The minimum Gasteiger partial charge on any atom is -0.384 e. The smallest absolute Gasteiger partial charge is 0.254 e. The molecule has 110 valence electrons. The number of hydrogen-bond acceptors (Lipinski definition) is 4. The molecule has 0 fully saturated rings. The number of nitrogens with zero attached hydrogens (tertiary/aromatic N) is 1. The van der Waals surface area contributed by atoms with Gasteiger partial charge in [-0.3, -0.25) is 14.6 Å². The van der Waals surface area contributed by atoms with Gasteiger partial charge in [0.05, 0.1) is 11.3 Å². The Kier molecular flexibility index (Phi) is 7.10. The lowest BCUT2D eigenvalue weighted by molar-refractivity contribution is -0.120. The highest BCUT2D eigenvalue weighted by atomic mass is 16.2. The Bertz CT molecular complexity index is 449. The fraction of sp³-hybridized carbons (Fsp3) is 0.500. The van der Waals surface area contributed by atoms with Crippen molar-refractivity contribution in [3.8, 4) is 0 Å². The van der Waals surface area contributed by atoms with Crippen LogP contribution in [0, 0.1) is 0 Å². The van der Waals surface area contributed by atoms with Gasteiger partial charge < -0.3 is 16.0 Å². The minimum absolute atomic E-state index is 0.0664. The molecule has 1 rings (SSSR count). The molecule has 3 N–H and O–H groups in total. The van der Waals surface area contributed by atoms with Gasteiger partial charge in [-0.25, -0.2) is 0 Å². The summed E-state index contributed by atoms with van der Waals surface area (Å²) < 4.78 is 0. The molecule has 1 aromatic heterocycles. The number of pyridine rings is 1. The number of amides is 2. The fourth-order valence-electron chi connectivity index (χ4n) is 1.66. The first kappa shape index (κ1) is 15.9. The van der Waals surface area contributed by atoms with Crippen LogP contribution in [0.1, 0.15) is 37.0 Å². The quantitative estimate of drug-likeness (QED) is 0.666. The van der Waals surface area contributed by atoms with E-state index in [1.807, 2.05) is 6.92 Å². The summed E-state index contributed by atoms with van der Waals surface area (Å²) in [6.45, 7) is 5.62. The standard InChI is InChI=1S/C14H22N4O2/c1-3-7-17-12-5-8-15-10-11(12)14(20)18-9-6-13(19)16-4-2/h5,8,10H,3-4,6-7,9H2,1-2H3,(H,15,17)(H,16,19)(H,18,20). The summed E-state index contributed by atoms with van der Waals surface area (Å²) in [5.41, 5.74) is 1.26. The molecule has 0 unspecified atom stereocenters. The molecular formula is C14H22N4O2. The van der Waals surface area contributed by atoms with Gasteiger partial charge in [-0.05, 0) is 19.4 Å². The molecule has 2 amide bonds. The van der Waals surface area contributed by atoms with E-state index in [0.29, 0.717) is 18.7 Å². The number of carbonyl (C=O) groups excluding carboxylic acids is 2. The minimum atomic E-state index is -0.221. The van der Waals surface area contributed by atoms with Crippen molar-refractivity contribution in [2.45, 2.75) is 26.7 Å². The molecule has 0 bridgehead atoms. The Balaban J connectivity index is 2.52. The van der Waals surface area contributed by atoms with Crippen LogP contribution >= 0.6 is 0 Å². The summed E-state index contributed by atoms with van der Waals surface area (Å²) in [6.07, 6.45) is 4.42. The van der Waals surface area contributed by atoms with E-state index in [1.165, 1.54) is 6.20 Å². The lowest BCUT2D eigenvalue weighted by Crippen LogP contribution is -2.31. The van der Waals surface area contributed by atoms with Crippen molar-refractivity contribution in [2.24, 2.45) is 0 Å². The number of anilines is 1. The van der Waals surface area contributed by atoms with Crippen LogP contribution in [0.3, 0.4) is 0 Å². The predicted molar refractivity (Wildman–Crippen MR) is 78.7 cm³/mol. The topological polar surface area (TPSA) is 83.1 Å². The van der Waals surface area contributed by atoms with E-state index in [2.05, 4.69) is 27.9 Å². The zero-order valence-corrected chi connectivity index (χ0v) is 12.0. The second-order valence-corrected chi connectivity index (χ2v) is 4.31. The molecule has 0 spiro atoms. The number of rotatable bonds is 8. The van der Waals surface area contributed by atoms with E-state index in [0.717, 1.165) is 18.7 Å². The van der Waals surface area contributed by atoms with Crippen molar-refractivity contribution in [1.82, 2.24) is 15.6 Å². The highest BCUT2D eigenvalue weighted by Gasteiger charge is 2.11. The second-order valence-electron chi connectivity index (χ2n) is 4.31. The van der Waals surface area contributed by atoms with E-state index in [9.17, 15) is 9.59 Å². The van der Waals surface area contributed by atoms with Crippen LogP contribution < -0.4 is 16.0 Å². The summed E-state index contributed by atoms with van der Waals surface area (Å²) in [5, 5.41) is 8.59. The molecule has 0 aliphatic rings. The largest absolute Gasteiger partial charge is 0.384 e. The third kappa shape index (κ3) is 5.26. The molecule has 0 aliphatic carbocycles. The van der Waals surface area contributed by atoms with Crippen molar-refractivity contribution < 1.29 is 9.59 Å². The molecule has 6 heteroatoms. The summed E-state index contributed by atoms with van der Waals surface area (Å²) in [4.78, 5) is 27.3. The average Bonchev–Trinajstić information content (AvgIpc) is 2.45. The normalized spacial score (nSPS) is 9.90. The molecule has 1 heterocycles.